The van der Waals surface area contributed by atoms with Crippen LogP contribution in [0.5, 0.6) is 0 Å². The van der Waals surface area contributed by atoms with Gasteiger partial charge in [-0.3, -0.25) is 9.48 Å². The third kappa shape index (κ3) is 5.44. The van der Waals surface area contributed by atoms with E-state index in [1.165, 1.54) is 32.1 Å². The molecule has 1 unspecified atom stereocenters. The van der Waals surface area contributed by atoms with Crippen LogP contribution in [0, 0.1) is 0 Å². The molecule has 22 heavy (non-hydrogen) atoms. The van der Waals surface area contributed by atoms with E-state index in [1.807, 2.05) is 19.4 Å². The van der Waals surface area contributed by atoms with E-state index in [1.54, 1.807) is 4.68 Å². The number of aryl methyl sites for hydroxylation is 1. The molecule has 1 fully saturated rings. The molecule has 0 aromatic carbocycles. The second-order valence-electron chi connectivity index (χ2n) is 6.34. The monoisotopic (exact) mass is 306 g/mol. The first-order chi connectivity index (χ1) is 10.7. The molecule has 1 aliphatic rings. The molecule has 2 rings (SSSR count). The van der Waals surface area contributed by atoms with Crippen molar-refractivity contribution in [3.63, 3.8) is 0 Å². The van der Waals surface area contributed by atoms with Gasteiger partial charge in [0.2, 0.25) is 5.91 Å². The summed E-state index contributed by atoms with van der Waals surface area (Å²) in [5.74, 6) is 0.151. The summed E-state index contributed by atoms with van der Waals surface area (Å²) in [6, 6.07) is 0.0773. The molecule has 124 valence electrons. The third-order valence-electron chi connectivity index (χ3n) is 4.47. The third-order valence-corrected chi connectivity index (χ3v) is 4.47. The number of nitrogens with zero attached hydrogens (tertiary/aromatic N) is 3. The summed E-state index contributed by atoms with van der Waals surface area (Å²) < 4.78 is 1.78. The Balaban J connectivity index is 1.76. The van der Waals surface area contributed by atoms with Crippen molar-refractivity contribution in [3.8, 4) is 0 Å². The molecule has 5 heteroatoms. The zero-order valence-corrected chi connectivity index (χ0v) is 14.1. The minimum atomic E-state index is 0.0773. The van der Waals surface area contributed by atoms with Crippen molar-refractivity contribution >= 4 is 5.91 Å². The standard InChI is InChI=1S/C17H30N4O/c1-3-16(15-13-18-20(2)14-15)19-17(22)9-12-21-10-7-5-4-6-8-11-21/h13-14,16H,3-12H2,1-2H3,(H,19,22). The highest BCUT2D eigenvalue weighted by Gasteiger charge is 2.15. The van der Waals surface area contributed by atoms with Crippen LogP contribution in [0.2, 0.25) is 0 Å². The first kappa shape index (κ1) is 17.0. The van der Waals surface area contributed by atoms with Crippen molar-refractivity contribution in [2.45, 2.75) is 57.9 Å². The average molecular weight is 306 g/mol. The molecule has 1 N–H and O–H groups in total. The smallest absolute Gasteiger partial charge is 0.221 e. The summed E-state index contributed by atoms with van der Waals surface area (Å²) >= 11 is 0. The van der Waals surface area contributed by atoms with Crippen LogP contribution in [0.3, 0.4) is 0 Å². The topological polar surface area (TPSA) is 50.2 Å². The molecular formula is C17H30N4O. The van der Waals surface area contributed by atoms with E-state index in [0.29, 0.717) is 6.42 Å². The van der Waals surface area contributed by atoms with E-state index in [0.717, 1.165) is 31.6 Å². The quantitative estimate of drug-likeness (QED) is 0.879. The molecule has 0 bridgehead atoms. The van der Waals surface area contributed by atoms with Gasteiger partial charge >= 0.3 is 0 Å². The first-order valence-electron chi connectivity index (χ1n) is 8.69. The number of hydrogen-bond donors (Lipinski definition) is 1. The Hall–Kier alpha value is -1.36. The number of carbonyl (C=O) groups is 1. The molecule has 1 aliphatic heterocycles. The minimum Gasteiger partial charge on any atom is -0.349 e. The van der Waals surface area contributed by atoms with Crippen molar-refractivity contribution in [2.24, 2.45) is 7.05 Å². The van der Waals surface area contributed by atoms with Gasteiger partial charge in [0.1, 0.15) is 0 Å². The van der Waals surface area contributed by atoms with Gasteiger partial charge in [-0.1, -0.05) is 26.2 Å². The number of rotatable bonds is 6. The van der Waals surface area contributed by atoms with Crippen LogP contribution in [-0.2, 0) is 11.8 Å². The zero-order valence-electron chi connectivity index (χ0n) is 14.1. The van der Waals surface area contributed by atoms with Crippen LogP contribution in [0.1, 0.15) is 63.5 Å². The van der Waals surface area contributed by atoms with Crippen LogP contribution >= 0.6 is 0 Å². The van der Waals surface area contributed by atoms with Crippen molar-refractivity contribution in [1.29, 1.82) is 0 Å². The molecule has 1 saturated heterocycles. The maximum Gasteiger partial charge on any atom is 0.221 e. The Bertz CT molecular complexity index is 449. The Labute approximate surface area is 134 Å². The van der Waals surface area contributed by atoms with Crippen molar-refractivity contribution < 1.29 is 4.79 Å². The van der Waals surface area contributed by atoms with Gasteiger partial charge in [0.05, 0.1) is 12.2 Å². The zero-order chi connectivity index (χ0) is 15.8. The Morgan fingerprint density at radius 3 is 2.55 bits per heavy atom. The highest BCUT2D eigenvalue weighted by molar-refractivity contribution is 5.76. The number of nitrogens with one attached hydrogen (secondary N) is 1. The van der Waals surface area contributed by atoms with Gasteiger partial charge in [-0.05, 0) is 32.4 Å². The summed E-state index contributed by atoms with van der Waals surface area (Å²) in [6.07, 6.45) is 11.9. The molecule has 0 aliphatic carbocycles. The van der Waals surface area contributed by atoms with Crippen molar-refractivity contribution in [2.75, 3.05) is 19.6 Å². The van der Waals surface area contributed by atoms with Crippen LogP contribution < -0.4 is 5.32 Å². The molecular weight excluding hydrogens is 276 g/mol. The molecule has 1 aromatic rings. The predicted molar refractivity (Wildman–Crippen MR) is 88.5 cm³/mol. The average Bonchev–Trinajstić information content (AvgIpc) is 2.90. The first-order valence-corrected chi connectivity index (χ1v) is 8.69. The second kappa shape index (κ2) is 8.93. The van der Waals surface area contributed by atoms with Gasteiger partial charge in [0.15, 0.2) is 0 Å². The molecule has 1 amide bonds. The lowest BCUT2D eigenvalue weighted by atomic mass is 10.1. The van der Waals surface area contributed by atoms with E-state index in [2.05, 4.69) is 22.2 Å². The van der Waals surface area contributed by atoms with Crippen LogP contribution in [0.4, 0.5) is 0 Å². The number of likely N-dealkylation sites (tertiary alicyclic amines) is 1. The van der Waals surface area contributed by atoms with Crippen LogP contribution in [0.25, 0.3) is 0 Å². The van der Waals surface area contributed by atoms with Gasteiger partial charge in [0, 0.05) is 31.8 Å². The molecule has 5 nitrogen and oxygen atoms in total. The lowest BCUT2D eigenvalue weighted by molar-refractivity contribution is -0.122. The molecule has 2 heterocycles. The second-order valence-corrected chi connectivity index (χ2v) is 6.34. The number of aromatic nitrogens is 2. The maximum absolute atomic E-state index is 12.2. The molecule has 1 atom stereocenters. The van der Waals surface area contributed by atoms with Gasteiger partial charge in [-0.15, -0.1) is 0 Å². The van der Waals surface area contributed by atoms with Crippen molar-refractivity contribution in [1.82, 2.24) is 20.0 Å². The van der Waals surface area contributed by atoms with Crippen molar-refractivity contribution in [3.05, 3.63) is 18.0 Å². The largest absolute Gasteiger partial charge is 0.349 e. The van der Waals surface area contributed by atoms with Crippen LogP contribution in [0.15, 0.2) is 12.4 Å². The lowest BCUT2D eigenvalue weighted by Crippen LogP contribution is -2.34. The summed E-state index contributed by atoms with van der Waals surface area (Å²) in [5.41, 5.74) is 1.09. The highest BCUT2D eigenvalue weighted by atomic mass is 16.1. The van der Waals surface area contributed by atoms with E-state index >= 15 is 0 Å². The van der Waals surface area contributed by atoms with E-state index < -0.39 is 0 Å². The molecule has 0 radical (unpaired) electrons. The van der Waals surface area contributed by atoms with E-state index in [-0.39, 0.29) is 11.9 Å². The highest BCUT2D eigenvalue weighted by Crippen LogP contribution is 2.15. The number of carbonyl (C=O) groups excluding carboxylic acids is 1. The maximum atomic E-state index is 12.2. The SMILES string of the molecule is CCC(NC(=O)CCN1CCCCCCC1)c1cnn(C)c1. The minimum absolute atomic E-state index is 0.0773. The summed E-state index contributed by atoms with van der Waals surface area (Å²) in [7, 11) is 1.90. The molecule has 1 aromatic heterocycles. The fourth-order valence-electron chi connectivity index (χ4n) is 3.10. The van der Waals surface area contributed by atoms with Crippen LogP contribution in [-0.4, -0.2) is 40.2 Å². The van der Waals surface area contributed by atoms with Gasteiger partial charge in [0.25, 0.3) is 0 Å². The summed E-state index contributed by atoms with van der Waals surface area (Å²) in [5, 5.41) is 7.33. The normalized spacial score (nSPS) is 18.5. The number of hydrogen-bond acceptors (Lipinski definition) is 3. The Morgan fingerprint density at radius 2 is 1.95 bits per heavy atom. The van der Waals surface area contributed by atoms with Gasteiger partial charge in [-0.25, -0.2) is 0 Å². The fraction of sp³-hybridized carbons (Fsp3) is 0.765. The Morgan fingerprint density at radius 1 is 1.27 bits per heavy atom. The summed E-state index contributed by atoms with van der Waals surface area (Å²) in [4.78, 5) is 14.7. The van der Waals surface area contributed by atoms with E-state index in [9.17, 15) is 4.79 Å². The molecule has 0 spiro atoms. The predicted octanol–water partition coefficient (Wildman–Crippen LogP) is 2.64. The lowest BCUT2D eigenvalue weighted by Gasteiger charge is -2.24. The fourth-order valence-corrected chi connectivity index (χ4v) is 3.10. The van der Waals surface area contributed by atoms with E-state index in [4.69, 9.17) is 0 Å². The van der Waals surface area contributed by atoms with Gasteiger partial charge < -0.3 is 10.2 Å². The summed E-state index contributed by atoms with van der Waals surface area (Å²) in [6.45, 7) is 5.27. The van der Waals surface area contributed by atoms with Gasteiger partial charge in [-0.2, -0.15) is 5.10 Å². The Kier molecular flexibility index (Phi) is 6.90. The number of amides is 1. The molecule has 0 saturated carbocycles.